The van der Waals surface area contributed by atoms with Crippen LogP contribution in [0.25, 0.3) is 0 Å². The normalized spacial score (nSPS) is 11.3. The van der Waals surface area contributed by atoms with Gasteiger partial charge in [-0.1, -0.05) is 0 Å². The van der Waals surface area contributed by atoms with Gasteiger partial charge in [-0.25, -0.2) is 0 Å². The molecule has 5 nitrogen and oxygen atoms in total. The third-order valence-corrected chi connectivity index (χ3v) is 2.58. The van der Waals surface area contributed by atoms with E-state index in [4.69, 9.17) is 0 Å². The molecule has 112 valence electrons. The number of nitrogens with one attached hydrogen (secondary N) is 1. The minimum Gasteiger partial charge on any atom is -0.406 e. The molecule has 1 aromatic heterocycles. The molecule has 0 atom stereocenters. The minimum atomic E-state index is -4.74. The number of amides is 1. The molecular weight excluding hydrogens is 287 g/mol. The van der Waals surface area contributed by atoms with E-state index in [0.717, 1.165) is 12.1 Å². The number of aromatic nitrogens is 2. The van der Waals surface area contributed by atoms with E-state index in [-0.39, 0.29) is 5.75 Å². The summed E-state index contributed by atoms with van der Waals surface area (Å²) in [4.78, 5) is 12.0. The fraction of sp³-hybridized carbons (Fsp3) is 0.231. The van der Waals surface area contributed by atoms with Crippen molar-refractivity contribution in [3.63, 3.8) is 0 Å². The van der Waals surface area contributed by atoms with Gasteiger partial charge in [-0.3, -0.25) is 9.48 Å². The molecule has 0 aliphatic carbocycles. The van der Waals surface area contributed by atoms with Crippen LogP contribution < -0.4 is 10.1 Å². The molecule has 2 rings (SSSR count). The number of alkyl halides is 3. The van der Waals surface area contributed by atoms with E-state index in [1.807, 2.05) is 0 Å². The third-order valence-electron chi connectivity index (χ3n) is 2.58. The number of carbonyl (C=O) groups is 1. The first-order valence-corrected chi connectivity index (χ1v) is 5.92. The number of hydrogen-bond acceptors (Lipinski definition) is 3. The number of rotatable bonds is 3. The zero-order chi connectivity index (χ0) is 15.6. The molecule has 0 fully saturated rings. The largest absolute Gasteiger partial charge is 0.573 e. The van der Waals surface area contributed by atoms with Gasteiger partial charge in [-0.2, -0.15) is 5.10 Å². The first-order valence-electron chi connectivity index (χ1n) is 5.92. The molecule has 1 aromatic carbocycles. The van der Waals surface area contributed by atoms with Crippen molar-refractivity contribution in [2.24, 2.45) is 7.05 Å². The Kier molecular flexibility index (Phi) is 3.88. The van der Waals surface area contributed by atoms with Crippen molar-refractivity contribution >= 4 is 11.6 Å². The zero-order valence-corrected chi connectivity index (χ0v) is 11.2. The molecule has 0 saturated heterocycles. The van der Waals surface area contributed by atoms with Gasteiger partial charge in [0, 0.05) is 12.7 Å². The van der Waals surface area contributed by atoms with E-state index in [1.165, 1.54) is 16.8 Å². The average molecular weight is 299 g/mol. The molecule has 0 bridgehead atoms. The van der Waals surface area contributed by atoms with Gasteiger partial charge in [0.25, 0.3) is 5.91 Å². The van der Waals surface area contributed by atoms with E-state index in [9.17, 15) is 18.0 Å². The first kappa shape index (κ1) is 14.9. The van der Waals surface area contributed by atoms with Crippen molar-refractivity contribution in [1.82, 2.24) is 9.78 Å². The van der Waals surface area contributed by atoms with Gasteiger partial charge in [-0.15, -0.1) is 13.2 Å². The summed E-state index contributed by atoms with van der Waals surface area (Å²) in [6, 6.07) is 6.50. The second-order valence-electron chi connectivity index (χ2n) is 4.32. The molecule has 0 spiro atoms. The second kappa shape index (κ2) is 5.47. The molecule has 2 aromatic rings. The lowest BCUT2D eigenvalue weighted by molar-refractivity contribution is -0.274. The molecule has 8 heteroatoms. The number of anilines is 1. The molecule has 21 heavy (non-hydrogen) atoms. The lowest BCUT2D eigenvalue weighted by atomic mass is 10.3. The standard InChI is InChI=1S/C13H12F3N3O2/c1-8-7-11(19(2)18-8)12(20)17-9-3-5-10(6-4-9)21-13(14,15)16/h3-7H,1-2H3,(H,17,20). The molecule has 1 amide bonds. The summed E-state index contributed by atoms with van der Waals surface area (Å²) in [5, 5.41) is 6.60. The highest BCUT2D eigenvalue weighted by molar-refractivity contribution is 6.03. The molecule has 0 aliphatic rings. The molecule has 0 saturated carbocycles. The lowest BCUT2D eigenvalue weighted by Gasteiger charge is -2.10. The SMILES string of the molecule is Cc1cc(C(=O)Nc2ccc(OC(F)(F)F)cc2)n(C)n1. The summed E-state index contributed by atoms with van der Waals surface area (Å²) < 4.78 is 41.2. The van der Waals surface area contributed by atoms with Crippen LogP contribution in [-0.2, 0) is 7.05 Å². The fourth-order valence-corrected chi connectivity index (χ4v) is 1.76. The van der Waals surface area contributed by atoms with Gasteiger partial charge in [0.1, 0.15) is 11.4 Å². The monoisotopic (exact) mass is 299 g/mol. The molecule has 0 aliphatic heterocycles. The number of halogens is 3. The van der Waals surface area contributed by atoms with Crippen LogP contribution in [0.4, 0.5) is 18.9 Å². The Labute approximate surface area is 118 Å². The Morgan fingerprint density at radius 3 is 2.38 bits per heavy atom. The van der Waals surface area contributed by atoms with Crippen LogP contribution in [-0.4, -0.2) is 22.1 Å². The van der Waals surface area contributed by atoms with Gasteiger partial charge in [0.15, 0.2) is 0 Å². The van der Waals surface area contributed by atoms with Crippen LogP contribution in [0.2, 0.25) is 0 Å². The van der Waals surface area contributed by atoms with Gasteiger partial charge < -0.3 is 10.1 Å². The average Bonchev–Trinajstić information content (AvgIpc) is 2.69. The smallest absolute Gasteiger partial charge is 0.406 e. The van der Waals surface area contributed by atoms with Gasteiger partial charge >= 0.3 is 6.36 Å². The maximum atomic E-state index is 12.0. The second-order valence-corrected chi connectivity index (χ2v) is 4.32. The van der Waals surface area contributed by atoms with Gasteiger partial charge in [0.05, 0.1) is 5.69 Å². The predicted molar refractivity (Wildman–Crippen MR) is 69.0 cm³/mol. The van der Waals surface area contributed by atoms with E-state index in [2.05, 4.69) is 15.2 Å². The zero-order valence-electron chi connectivity index (χ0n) is 11.2. The van der Waals surface area contributed by atoms with Crippen molar-refractivity contribution in [2.45, 2.75) is 13.3 Å². The predicted octanol–water partition coefficient (Wildman–Crippen LogP) is 2.88. The van der Waals surface area contributed by atoms with Crippen molar-refractivity contribution < 1.29 is 22.7 Å². The van der Waals surface area contributed by atoms with E-state index >= 15 is 0 Å². The Balaban J connectivity index is 2.07. The van der Waals surface area contributed by atoms with Crippen LogP contribution >= 0.6 is 0 Å². The summed E-state index contributed by atoms with van der Waals surface area (Å²) in [5.74, 6) is -0.750. The number of benzene rings is 1. The summed E-state index contributed by atoms with van der Waals surface area (Å²) in [6.45, 7) is 1.75. The first-order chi connectivity index (χ1) is 9.74. The number of ether oxygens (including phenoxy) is 1. The molecule has 0 unspecified atom stereocenters. The van der Waals surface area contributed by atoms with Crippen molar-refractivity contribution in [3.8, 4) is 5.75 Å². The number of carbonyl (C=O) groups excluding carboxylic acids is 1. The summed E-state index contributed by atoms with van der Waals surface area (Å²) in [6.07, 6.45) is -4.74. The van der Waals surface area contributed by atoms with Crippen molar-refractivity contribution in [2.75, 3.05) is 5.32 Å². The van der Waals surface area contributed by atoms with Crippen LogP contribution in [0.15, 0.2) is 30.3 Å². The highest BCUT2D eigenvalue weighted by Gasteiger charge is 2.30. The fourth-order valence-electron chi connectivity index (χ4n) is 1.76. The maximum Gasteiger partial charge on any atom is 0.573 e. The van der Waals surface area contributed by atoms with Crippen molar-refractivity contribution in [3.05, 3.63) is 41.7 Å². The van der Waals surface area contributed by atoms with Crippen LogP contribution in [0.1, 0.15) is 16.2 Å². The highest BCUT2D eigenvalue weighted by atomic mass is 19.4. The Morgan fingerprint density at radius 1 is 1.29 bits per heavy atom. The number of nitrogens with zero attached hydrogens (tertiary/aromatic N) is 2. The van der Waals surface area contributed by atoms with Gasteiger partial charge in [-0.05, 0) is 37.3 Å². The third kappa shape index (κ3) is 3.98. The maximum absolute atomic E-state index is 12.0. The number of hydrogen-bond donors (Lipinski definition) is 1. The van der Waals surface area contributed by atoms with Crippen molar-refractivity contribution in [1.29, 1.82) is 0 Å². The van der Waals surface area contributed by atoms with Gasteiger partial charge in [0.2, 0.25) is 0 Å². The number of aryl methyl sites for hydroxylation is 2. The molecular formula is C13H12F3N3O2. The van der Waals surface area contributed by atoms with Crippen LogP contribution in [0, 0.1) is 6.92 Å². The van der Waals surface area contributed by atoms with E-state index in [1.54, 1.807) is 20.0 Å². The lowest BCUT2D eigenvalue weighted by Crippen LogP contribution is -2.17. The highest BCUT2D eigenvalue weighted by Crippen LogP contribution is 2.24. The Morgan fingerprint density at radius 2 is 1.90 bits per heavy atom. The Hall–Kier alpha value is -2.51. The molecule has 1 N–H and O–H groups in total. The van der Waals surface area contributed by atoms with E-state index < -0.39 is 12.3 Å². The summed E-state index contributed by atoms with van der Waals surface area (Å²) in [5.41, 5.74) is 1.40. The quantitative estimate of drug-likeness (QED) is 0.948. The molecule has 0 radical (unpaired) electrons. The summed E-state index contributed by atoms with van der Waals surface area (Å²) in [7, 11) is 1.63. The van der Waals surface area contributed by atoms with Crippen LogP contribution in [0.5, 0.6) is 5.75 Å². The summed E-state index contributed by atoms with van der Waals surface area (Å²) >= 11 is 0. The topological polar surface area (TPSA) is 56.1 Å². The minimum absolute atomic E-state index is 0.350. The van der Waals surface area contributed by atoms with Crippen LogP contribution in [0.3, 0.4) is 0 Å². The molecule has 1 heterocycles. The Bertz CT molecular complexity index is 648. The van der Waals surface area contributed by atoms with E-state index in [0.29, 0.717) is 17.1 Å².